The first-order chi connectivity index (χ1) is 7.04. The van der Waals surface area contributed by atoms with Crippen LogP contribution < -0.4 is 10.3 Å². The van der Waals surface area contributed by atoms with Gasteiger partial charge in [0, 0.05) is 0 Å². The van der Waals surface area contributed by atoms with Crippen molar-refractivity contribution in [1.29, 1.82) is 0 Å². The van der Waals surface area contributed by atoms with Gasteiger partial charge >= 0.3 is 5.97 Å². The highest BCUT2D eigenvalue weighted by Crippen LogP contribution is 2.23. The molecule has 0 spiro atoms. The predicted octanol–water partition coefficient (Wildman–Crippen LogP) is 0.0605. The predicted molar refractivity (Wildman–Crippen MR) is 47.7 cm³/mol. The Balaban J connectivity index is 2.92. The first-order valence-corrected chi connectivity index (χ1v) is 4.09. The van der Waals surface area contributed by atoms with E-state index in [2.05, 4.69) is 4.74 Å². The number of rotatable bonds is 3. The molecule has 6 nitrogen and oxygen atoms in total. The minimum absolute atomic E-state index is 0.0301. The maximum Gasteiger partial charge on any atom is 0.309 e. The second kappa shape index (κ2) is 4.63. The van der Waals surface area contributed by atoms with E-state index in [9.17, 15) is 9.90 Å². The molecule has 0 aliphatic carbocycles. The van der Waals surface area contributed by atoms with Crippen LogP contribution in [0, 0.1) is 0 Å². The van der Waals surface area contributed by atoms with Crippen molar-refractivity contribution in [2.75, 3.05) is 12.3 Å². The molecule has 0 radical (unpaired) electrons. The van der Waals surface area contributed by atoms with Crippen LogP contribution in [0.15, 0.2) is 18.2 Å². The molecule has 0 amide bonds. The van der Waals surface area contributed by atoms with E-state index >= 15 is 0 Å². The van der Waals surface area contributed by atoms with E-state index in [0.717, 1.165) is 6.07 Å². The average Bonchev–Trinajstić information content (AvgIpc) is 2.20. The van der Waals surface area contributed by atoms with Crippen LogP contribution in [0.2, 0.25) is 0 Å². The molecule has 6 heteroatoms. The Kier molecular flexibility index (Phi) is 3.48. The van der Waals surface area contributed by atoms with Crippen molar-refractivity contribution in [3.05, 3.63) is 23.8 Å². The second-order valence-electron chi connectivity index (χ2n) is 2.84. The van der Waals surface area contributed by atoms with Crippen LogP contribution >= 0.6 is 0 Å². The number of carbonyl (C=O) groups is 1. The maximum absolute atomic E-state index is 11.1. The van der Waals surface area contributed by atoms with Gasteiger partial charge in [0.1, 0.15) is 0 Å². The summed E-state index contributed by atoms with van der Waals surface area (Å²) in [5.74, 6) is -1.02. The van der Waals surface area contributed by atoms with Gasteiger partial charge in [-0.15, -0.1) is 5.23 Å². The second-order valence-corrected chi connectivity index (χ2v) is 2.84. The van der Waals surface area contributed by atoms with Gasteiger partial charge in [-0.3, -0.25) is 15.2 Å². The van der Waals surface area contributed by atoms with Gasteiger partial charge in [-0.05, 0) is 11.6 Å². The van der Waals surface area contributed by atoms with Crippen LogP contribution in [0.3, 0.4) is 0 Å². The Morgan fingerprint density at radius 1 is 1.53 bits per heavy atom. The molecule has 1 rings (SSSR count). The largest absolute Gasteiger partial charge is 0.871 e. The van der Waals surface area contributed by atoms with E-state index in [1.165, 1.54) is 19.2 Å². The van der Waals surface area contributed by atoms with E-state index in [1.54, 1.807) is 0 Å². The van der Waals surface area contributed by atoms with Gasteiger partial charge in [-0.2, -0.15) is 0 Å². The molecule has 2 N–H and O–H groups in total. The Morgan fingerprint density at radius 3 is 2.73 bits per heavy atom. The number of nitrogens with zero attached hydrogens (tertiary/aromatic N) is 1. The average molecular weight is 212 g/mol. The lowest BCUT2D eigenvalue weighted by molar-refractivity contribution is -0.268. The summed E-state index contributed by atoms with van der Waals surface area (Å²) >= 11 is 0. The zero-order valence-corrected chi connectivity index (χ0v) is 8.01. The van der Waals surface area contributed by atoms with E-state index in [-0.39, 0.29) is 17.3 Å². The number of ether oxygens (including phenoxy) is 1. The lowest BCUT2D eigenvalue weighted by atomic mass is 10.1. The molecule has 0 heterocycles. The summed E-state index contributed by atoms with van der Waals surface area (Å²) in [6.45, 7) is 0. The molecule has 0 atom stereocenters. The Morgan fingerprint density at radius 2 is 2.20 bits per heavy atom. The molecule has 1 aromatic carbocycles. The topological polar surface area (TPSA) is 93.1 Å². The van der Waals surface area contributed by atoms with Gasteiger partial charge in [0.05, 0.1) is 19.2 Å². The number of methoxy groups -OCH3 is 1. The van der Waals surface area contributed by atoms with E-state index in [0.29, 0.717) is 5.56 Å². The SMILES string of the molecule is COC(=O)Cc1ccc([O-])c(N(O)O)c1. The molecule has 82 valence electrons. The third-order valence-electron chi connectivity index (χ3n) is 1.81. The monoisotopic (exact) mass is 212 g/mol. The first kappa shape index (κ1) is 11.3. The highest BCUT2D eigenvalue weighted by Gasteiger charge is 2.06. The van der Waals surface area contributed by atoms with Crippen molar-refractivity contribution < 1.29 is 25.1 Å². The summed E-state index contributed by atoms with van der Waals surface area (Å²) in [5, 5.41) is 28.2. The third-order valence-corrected chi connectivity index (χ3v) is 1.81. The molecule has 0 fully saturated rings. The lowest BCUT2D eigenvalue weighted by Gasteiger charge is -2.17. The van der Waals surface area contributed by atoms with E-state index in [1.807, 2.05) is 0 Å². The number of carbonyl (C=O) groups excluding carboxylic acids is 1. The number of hydrogen-bond donors (Lipinski definition) is 2. The standard InChI is InChI=1S/C9H11NO5/c1-15-9(12)5-6-2-3-8(11)7(4-6)10(13)14/h2-4,11,13-14H,5H2,1H3/p-1. The van der Waals surface area contributed by atoms with Gasteiger partial charge in [0.25, 0.3) is 0 Å². The minimum Gasteiger partial charge on any atom is -0.871 e. The third kappa shape index (κ3) is 2.83. The minimum atomic E-state index is -0.548. The molecule has 0 aromatic heterocycles. The highest BCUT2D eigenvalue weighted by molar-refractivity contribution is 5.73. The summed E-state index contributed by atoms with van der Waals surface area (Å²) in [7, 11) is 1.25. The van der Waals surface area contributed by atoms with Crippen LogP contribution in [0.4, 0.5) is 5.69 Å². The zero-order valence-electron chi connectivity index (χ0n) is 8.01. The molecule has 0 aliphatic rings. The molecule has 0 saturated heterocycles. The number of anilines is 1. The Hall–Kier alpha value is -1.79. The summed E-state index contributed by atoms with van der Waals surface area (Å²) < 4.78 is 4.43. The smallest absolute Gasteiger partial charge is 0.309 e. The maximum atomic E-state index is 11.1. The molecule has 0 aliphatic heterocycles. The van der Waals surface area contributed by atoms with Gasteiger partial charge in [-0.25, -0.2) is 0 Å². The van der Waals surface area contributed by atoms with Crippen LogP contribution in [0.5, 0.6) is 5.75 Å². The number of benzene rings is 1. The fraction of sp³-hybridized carbons (Fsp3) is 0.222. The van der Waals surface area contributed by atoms with Crippen molar-refractivity contribution in [2.24, 2.45) is 0 Å². The molecular weight excluding hydrogens is 202 g/mol. The summed E-state index contributed by atoms with van der Waals surface area (Å²) in [6, 6.07) is 3.78. The van der Waals surface area contributed by atoms with Crippen LogP contribution in [0.25, 0.3) is 0 Å². The van der Waals surface area contributed by atoms with Crippen LogP contribution in [-0.4, -0.2) is 23.5 Å². The van der Waals surface area contributed by atoms with Crippen LogP contribution in [0.1, 0.15) is 5.56 Å². The Bertz CT molecular complexity index is 364. The van der Waals surface area contributed by atoms with Crippen LogP contribution in [-0.2, 0) is 16.0 Å². The highest BCUT2D eigenvalue weighted by atomic mass is 16.8. The first-order valence-electron chi connectivity index (χ1n) is 4.09. The molecule has 0 saturated carbocycles. The quantitative estimate of drug-likeness (QED) is 0.543. The number of esters is 1. The lowest BCUT2D eigenvalue weighted by Crippen LogP contribution is -2.14. The summed E-state index contributed by atoms with van der Waals surface area (Å²) in [5.41, 5.74) is 0.154. The van der Waals surface area contributed by atoms with E-state index in [4.69, 9.17) is 10.4 Å². The van der Waals surface area contributed by atoms with Crippen molar-refractivity contribution in [1.82, 2.24) is 0 Å². The molecular formula is C9H10NO5-. The van der Waals surface area contributed by atoms with Gasteiger partial charge < -0.3 is 9.84 Å². The fourth-order valence-electron chi connectivity index (χ4n) is 1.07. The van der Waals surface area contributed by atoms with Gasteiger partial charge in [0.2, 0.25) is 0 Å². The van der Waals surface area contributed by atoms with Crippen molar-refractivity contribution in [2.45, 2.75) is 6.42 Å². The summed E-state index contributed by atoms with van der Waals surface area (Å²) in [6.07, 6.45) is -0.0301. The van der Waals surface area contributed by atoms with E-state index < -0.39 is 11.7 Å². The normalized spacial score (nSPS) is 9.80. The molecule has 0 bridgehead atoms. The molecule has 15 heavy (non-hydrogen) atoms. The van der Waals surface area contributed by atoms with Crippen molar-refractivity contribution in [3.63, 3.8) is 0 Å². The molecule has 1 aromatic rings. The number of hydrogen-bond acceptors (Lipinski definition) is 6. The zero-order chi connectivity index (χ0) is 11.4. The van der Waals surface area contributed by atoms with Gasteiger partial charge in [0.15, 0.2) is 0 Å². The Labute approximate surface area is 85.9 Å². The molecule has 0 unspecified atom stereocenters. The van der Waals surface area contributed by atoms with Gasteiger partial charge in [-0.1, -0.05) is 17.9 Å². The van der Waals surface area contributed by atoms with Crippen molar-refractivity contribution >= 4 is 11.7 Å². The van der Waals surface area contributed by atoms with Crippen molar-refractivity contribution in [3.8, 4) is 5.75 Å². The fourth-order valence-corrected chi connectivity index (χ4v) is 1.07. The summed E-state index contributed by atoms with van der Waals surface area (Å²) in [4.78, 5) is 10.9.